The summed E-state index contributed by atoms with van der Waals surface area (Å²) in [7, 11) is 0.913. The summed E-state index contributed by atoms with van der Waals surface area (Å²) in [5, 5.41) is 8.34. The topological polar surface area (TPSA) is 33.0 Å². The van der Waals surface area contributed by atoms with E-state index in [1.807, 2.05) is 0 Å². The molecule has 0 N–H and O–H groups in total. The zero-order valence-electron chi connectivity index (χ0n) is 6.87. The molecule has 0 aliphatic rings. The third-order valence-electron chi connectivity index (χ3n) is 1.54. The van der Waals surface area contributed by atoms with Crippen molar-refractivity contribution in [2.24, 2.45) is 0 Å². The first-order valence-electron chi connectivity index (χ1n) is 3.34. The van der Waals surface area contributed by atoms with Gasteiger partial charge in [0.2, 0.25) is 11.6 Å². The Morgan fingerprint density at radius 2 is 1.50 bits per heavy atom. The van der Waals surface area contributed by atoms with Crippen molar-refractivity contribution < 1.29 is 22.3 Å². The summed E-state index contributed by atoms with van der Waals surface area (Å²) in [6.45, 7) is 0. The number of hydrogen-bond donors (Lipinski definition) is 0. The first-order valence-corrected chi connectivity index (χ1v) is 3.34. The summed E-state index contributed by atoms with van der Waals surface area (Å²) in [5.74, 6) is -8.45. The number of halogens is 4. The quantitative estimate of drug-likeness (QED) is 0.399. The highest BCUT2D eigenvalue weighted by Crippen LogP contribution is 2.29. The average Bonchev–Trinajstić information content (AvgIpc) is 2.20. The third-order valence-corrected chi connectivity index (χ3v) is 1.54. The van der Waals surface area contributed by atoms with E-state index in [0.29, 0.717) is 0 Å². The van der Waals surface area contributed by atoms with Gasteiger partial charge in [-0.25, -0.2) is 13.2 Å². The lowest BCUT2D eigenvalue weighted by atomic mass is 10.2. The van der Waals surface area contributed by atoms with Crippen LogP contribution in [0.3, 0.4) is 0 Å². The monoisotopic (exact) mass is 205 g/mol. The maximum absolute atomic E-state index is 12.8. The van der Waals surface area contributed by atoms with Gasteiger partial charge in [-0.05, 0) is 0 Å². The van der Waals surface area contributed by atoms with Gasteiger partial charge in [0, 0.05) is 0 Å². The van der Waals surface area contributed by atoms with E-state index < -0.39 is 34.6 Å². The van der Waals surface area contributed by atoms with Gasteiger partial charge in [-0.3, -0.25) is 0 Å². The van der Waals surface area contributed by atoms with Gasteiger partial charge in [0.15, 0.2) is 17.4 Å². The Bertz CT molecular complexity index is 425. The Labute approximate surface area is 76.3 Å². The highest BCUT2D eigenvalue weighted by molar-refractivity contribution is 5.45. The van der Waals surface area contributed by atoms with Crippen LogP contribution in [0.5, 0.6) is 5.75 Å². The first-order chi connectivity index (χ1) is 6.54. The highest BCUT2D eigenvalue weighted by atomic mass is 19.2. The molecule has 0 fully saturated rings. The summed E-state index contributed by atoms with van der Waals surface area (Å²) in [5.41, 5.74) is -0.996. The van der Waals surface area contributed by atoms with Crippen LogP contribution >= 0.6 is 0 Å². The number of hydrogen-bond acceptors (Lipinski definition) is 2. The maximum atomic E-state index is 12.8. The molecule has 0 atom stereocenters. The van der Waals surface area contributed by atoms with E-state index in [9.17, 15) is 17.6 Å². The third kappa shape index (κ3) is 1.27. The molecule has 0 heterocycles. The van der Waals surface area contributed by atoms with Crippen LogP contribution in [0.2, 0.25) is 0 Å². The standard InChI is InChI=1S/C8H3F4NO/c1-14-8-3(2-13)4(9)5(10)6(11)7(8)12/h1H3. The zero-order chi connectivity index (χ0) is 10.9. The van der Waals surface area contributed by atoms with E-state index in [1.165, 1.54) is 6.07 Å². The average molecular weight is 205 g/mol. The summed E-state index contributed by atoms with van der Waals surface area (Å²) < 4.78 is 55.0. The SMILES string of the molecule is COc1c(F)c(F)c(F)c(F)c1C#N. The first kappa shape index (κ1) is 10.3. The van der Waals surface area contributed by atoms with Crippen molar-refractivity contribution in [2.45, 2.75) is 0 Å². The summed E-state index contributed by atoms with van der Waals surface area (Å²) in [4.78, 5) is 0. The van der Waals surface area contributed by atoms with Gasteiger partial charge in [-0.15, -0.1) is 0 Å². The molecule has 2 nitrogen and oxygen atoms in total. The second kappa shape index (κ2) is 3.54. The number of ether oxygens (including phenoxy) is 1. The lowest BCUT2D eigenvalue weighted by molar-refractivity contribution is 0.344. The fourth-order valence-corrected chi connectivity index (χ4v) is 0.903. The second-order valence-corrected chi connectivity index (χ2v) is 2.28. The lowest BCUT2D eigenvalue weighted by Crippen LogP contribution is -2.03. The lowest BCUT2D eigenvalue weighted by Gasteiger charge is -2.06. The van der Waals surface area contributed by atoms with Gasteiger partial charge in [0.25, 0.3) is 0 Å². The zero-order valence-corrected chi connectivity index (χ0v) is 6.87. The van der Waals surface area contributed by atoms with Crippen LogP contribution in [-0.4, -0.2) is 7.11 Å². The molecule has 1 rings (SSSR count). The molecule has 0 aromatic heterocycles. The summed E-state index contributed by atoms with van der Waals surface area (Å²) in [6.07, 6.45) is 0. The molecule has 0 bridgehead atoms. The Kier molecular flexibility index (Phi) is 2.60. The minimum Gasteiger partial charge on any atom is -0.492 e. The predicted molar refractivity (Wildman–Crippen MR) is 37.5 cm³/mol. The van der Waals surface area contributed by atoms with Crippen LogP contribution in [-0.2, 0) is 0 Å². The van der Waals surface area contributed by atoms with Crippen molar-refractivity contribution in [3.63, 3.8) is 0 Å². The number of nitrogens with zero attached hydrogens (tertiary/aromatic N) is 1. The van der Waals surface area contributed by atoms with Crippen molar-refractivity contribution in [1.29, 1.82) is 5.26 Å². The van der Waals surface area contributed by atoms with Crippen molar-refractivity contribution in [3.05, 3.63) is 28.8 Å². The van der Waals surface area contributed by atoms with Crippen molar-refractivity contribution in [1.82, 2.24) is 0 Å². The predicted octanol–water partition coefficient (Wildman–Crippen LogP) is 2.12. The minimum atomic E-state index is -2.03. The van der Waals surface area contributed by atoms with Gasteiger partial charge in [-0.1, -0.05) is 0 Å². The molecule has 0 aliphatic carbocycles. The number of benzene rings is 1. The molecule has 0 unspecified atom stereocenters. The Morgan fingerprint density at radius 3 is 1.93 bits per heavy atom. The van der Waals surface area contributed by atoms with Crippen LogP contribution in [0.25, 0.3) is 0 Å². The van der Waals surface area contributed by atoms with Gasteiger partial charge in [0.1, 0.15) is 11.6 Å². The van der Waals surface area contributed by atoms with Gasteiger partial charge >= 0.3 is 0 Å². The molecule has 0 saturated carbocycles. The van der Waals surface area contributed by atoms with Crippen LogP contribution < -0.4 is 4.74 Å². The molecular formula is C8H3F4NO. The van der Waals surface area contributed by atoms with E-state index in [2.05, 4.69) is 4.74 Å². The molecule has 14 heavy (non-hydrogen) atoms. The van der Waals surface area contributed by atoms with E-state index in [4.69, 9.17) is 5.26 Å². The van der Waals surface area contributed by atoms with Crippen molar-refractivity contribution in [2.75, 3.05) is 7.11 Å². The second-order valence-electron chi connectivity index (χ2n) is 2.28. The summed E-state index contributed by atoms with van der Waals surface area (Å²) >= 11 is 0. The fourth-order valence-electron chi connectivity index (χ4n) is 0.903. The van der Waals surface area contributed by atoms with Gasteiger partial charge < -0.3 is 4.74 Å². The van der Waals surface area contributed by atoms with Crippen LogP contribution in [0.15, 0.2) is 0 Å². The molecule has 0 spiro atoms. The van der Waals surface area contributed by atoms with Crippen LogP contribution in [0.4, 0.5) is 17.6 Å². The Hall–Kier alpha value is -1.77. The van der Waals surface area contributed by atoms with E-state index in [1.54, 1.807) is 0 Å². The van der Waals surface area contributed by atoms with E-state index >= 15 is 0 Å². The summed E-state index contributed by atoms with van der Waals surface area (Å²) in [6, 6.07) is 1.18. The molecular weight excluding hydrogens is 202 g/mol. The molecule has 74 valence electrons. The van der Waals surface area contributed by atoms with Crippen LogP contribution in [0.1, 0.15) is 5.56 Å². The maximum Gasteiger partial charge on any atom is 0.205 e. The largest absolute Gasteiger partial charge is 0.492 e. The van der Waals surface area contributed by atoms with Crippen LogP contribution in [0, 0.1) is 34.6 Å². The number of methoxy groups -OCH3 is 1. The molecule has 1 aromatic rings. The molecule has 0 aliphatic heterocycles. The van der Waals surface area contributed by atoms with Crippen molar-refractivity contribution >= 4 is 0 Å². The Balaban J connectivity index is 3.68. The normalized spacial score (nSPS) is 9.71. The molecule has 6 heteroatoms. The number of rotatable bonds is 1. The fraction of sp³-hybridized carbons (Fsp3) is 0.125. The highest BCUT2D eigenvalue weighted by Gasteiger charge is 2.25. The number of nitriles is 1. The van der Waals surface area contributed by atoms with Gasteiger partial charge in [-0.2, -0.15) is 9.65 Å². The molecule has 0 amide bonds. The van der Waals surface area contributed by atoms with Crippen molar-refractivity contribution in [3.8, 4) is 11.8 Å². The van der Waals surface area contributed by atoms with E-state index in [-0.39, 0.29) is 0 Å². The molecule has 0 radical (unpaired) electrons. The molecule has 0 saturated heterocycles. The molecule has 1 aromatic carbocycles. The van der Waals surface area contributed by atoms with Gasteiger partial charge in [0.05, 0.1) is 7.11 Å². The Morgan fingerprint density at radius 1 is 1.00 bits per heavy atom. The minimum absolute atomic E-state index is 0.913. The smallest absolute Gasteiger partial charge is 0.205 e. The van der Waals surface area contributed by atoms with E-state index in [0.717, 1.165) is 7.11 Å².